The molecule has 2 saturated heterocycles. The van der Waals surface area contributed by atoms with E-state index in [-0.39, 0.29) is 5.91 Å². The van der Waals surface area contributed by atoms with Crippen molar-refractivity contribution in [2.75, 3.05) is 71.0 Å². The minimum atomic E-state index is 0.225. The van der Waals surface area contributed by atoms with Crippen LogP contribution < -0.4 is 9.64 Å². The quantitative estimate of drug-likeness (QED) is 0.816. The highest BCUT2D eigenvalue weighted by atomic mass is 16.5. The van der Waals surface area contributed by atoms with Crippen LogP contribution in [0, 0.1) is 0 Å². The van der Waals surface area contributed by atoms with Crippen LogP contribution in [-0.4, -0.2) is 81.8 Å². The molecule has 0 bridgehead atoms. The molecule has 0 aliphatic carbocycles. The van der Waals surface area contributed by atoms with E-state index in [1.165, 1.54) is 5.69 Å². The average Bonchev–Trinajstić information content (AvgIpc) is 2.63. The van der Waals surface area contributed by atoms with Gasteiger partial charge < -0.3 is 19.3 Å². The molecule has 0 spiro atoms. The van der Waals surface area contributed by atoms with E-state index in [1.54, 1.807) is 7.11 Å². The van der Waals surface area contributed by atoms with Crippen LogP contribution in [0.2, 0.25) is 0 Å². The summed E-state index contributed by atoms with van der Waals surface area (Å²) in [6.45, 7) is 6.98. The van der Waals surface area contributed by atoms with Crippen LogP contribution in [0.1, 0.15) is 0 Å². The topological polar surface area (TPSA) is 45.2 Å². The van der Waals surface area contributed by atoms with Crippen LogP contribution in [0.5, 0.6) is 5.75 Å². The molecule has 0 unspecified atom stereocenters. The van der Waals surface area contributed by atoms with Gasteiger partial charge in [0.05, 0.1) is 26.9 Å². The summed E-state index contributed by atoms with van der Waals surface area (Å²) in [6.07, 6.45) is 0. The van der Waals surface area contributed by atoms with Crippen LogP contribution in [0.4, 0.5) is 5.69 Å². The molecule has 3 rings (SSSR count). The zero-order valence-electron chi connectivity index (χ0n) is 13.7. The summed E-state index contributed by atoms with van der Waals surface area (Å²) in [4.78, 5) is 18.8. The summed E-state index contributed by atoms with van der Waals surface area (Å²) in [6, 6.07) is 8.15. The Morgan fingerprint density at radius 1 is 1.13 bits per heavy atom. The average molecular weight is 319 g/mol. The van der Waals surface area contributed by atoms with Gasteiger partial charge in [-0.25, -0.2) is 0 Å². The zero-order valence-corrected chi connectivity index (χ0v) is 13.7. The molecule has 1 aromatic carbocycles. The van der Waals surface area contributed by atoms with E-state index in [4.69, 9.17) is 9.47 Å². The van der Waals surface area contributed by atoms with Crippen molar-refractivity contribution < 1.29 is 14.3 Å². The second-order valence-electron chi connectivity index (χ2n) is 5.96. The summed E-state index contributed by atoms with van der Waals surface area (Å²) in [5, 5.41) is 0. The van der Waals surface area contributed by atoms with Crippen molar-refractivity contribution >= 4 is 11.6 Å². The maximum atomic E-state index is 12.3. The molecule has 0 atom stereocenters. The Morgan fingerprint density at radius 2 is 1.87 bits per heavy atom. The van der Waals surface area contributed by atoms with Gasteiger partial charge in [0.25, 0.3) is 0 Å². The van der Waals surface area contributed by atoms with Crippen molar-refractivity contribution in [1.29, 1.82) is 0 Å². The first-order valence-corrected chi connectivity index (χ1v) is 8.23. The molecule has 2 aliphatic heterocycles. The van der Waals surface area contributed by atoms with E-state index in [1.807, 2.05) is 17.0 Å². The molecular weight excluding hydrogens is 294 g/mol. The van der Waals surface area contributed by atoms with Crippen LogP contribution >= 0.6 is 0 Å². The lowest BCUT2D eigenvalue weighted by Crippen LogP contribution is -2.51. The van der Waals surface area contributed by atoms with Crippen LogP contribution in [0.25, 0.3) is 0 Å². The number of nitrogens with zero attached hydrogens (tertiary/aromatic N) is 3. The van der Waals surface area contributed by atoms with E-state index in [0.29, 0.717) is 19.8 Å². The zero-order chi connectivity index (χ0) is 16.1. The molecule has 1 amide bonds. The Kier molecular flexibility index (Phi) is 5.35. The third-order valence-electron chi connectivity index (χ3n) is 4.51. The molecule has 0 saturated carbocycles. The van der Waals surface area contributed by atoms with E-state index in [0.717, 1.165) is 45.0 Å². The molecule has 2 fully saturated rings. The van der Waals surface area contributed by atoms with Crippen molar-refractivity contribution in [3.8, 4) is 5.75 Å². The molecule has 6 nitrogen and oxygen atoms in total. The van der Waals surface area contributed by atoms with E-state index < -0.39 is 0 Å². The lowest BCUT2D eigenvalue weighted by Gasteiger charge is -2.37. The number of amides is 1. The van der Waals surface area contributed by atoms with Gasteiger partial charge in [-0.05, 0) is 12.1 Å². The highest BCUT2D eigenvalue weighted by Crippen LogP contribution is 2.22. The molecule has 23 heavy (non-hydrogen) atoms. The molecule has 1 aromatic rings. The van der Waals surface area contributed by atoms with Gasteiger partial charge in [-0.3, -0.25) is 9.69 Å². The lowest BCUT2D eigenvalue weighted by atomic mass is 10.2. The van der Waals surface area contributed by atoms with E-state index in [9.17, 15) is 4.79 Å². The molecular formula is C17H25N3O3. The number of carbonyl (C=O) groups excluding carboxylic acids is 1. The molecule has 2 heterocycles. The maximum Gasteiger partial charge on any atom is 0.236 e. The van der Waals surface area contributed by atoms with Gasteiger partial charge in [0.2, 0.25) is 5.91 Å². The van der Waals surface area contributed by atoms with Gasteiger partial charge in [0, 0.05) is 51.0 Å². The highest BCUT2D eigenvalue weighted by Gasteiger charge is 2.23. The van der Waals surface area contributed by atoms with Gasteiger partial charge >= 0.3 is 0 Å². The van der Waals surface area contributed by atoms with Crippen molar-refractivity contribution in [3.63, 3.8) is 0 Å². The number of benzene rings is 1. The Morgan fingerprint density at radius 3 is 2.57 bits per heavy atom. The second kappa shape index (κ2) is 7.66. The Labute approximate surface area is 137 Å². The normalized spacial score (nSPS) is 19.7. The molecule has 126 valence electrons. The first-order chi connectivity index (χ1) is 11.3. The summed E-state index contributed by atoms with van der Waals surface area (Å²) in [5.74, 6) is 1.11. The molecule has 0 N–H and O–H groups in total. The van der Waals surface area contributed by atoms with Crippen LogP contribution in [0.3, 0.4) is 0 Å². The standard InChI is InChI=1S/C17H25N3O3/c1-22-16-4-2-3-15(13-16)19-7-5-18(6-8-19)14-17(21)20-9-11-23-12-10-20/h2-4,13H,5-12,14H2,1H3. The first-order valence-electron chi connectivity index (χ1n) is 8.23. The largest absolute Gasteiger partial charge is 0.497 e. The van der Waals surface area contributed by atoms with Crippen molar-refractivity contribution in [3.05, 3.63) is 24.3 Å². The Bertz CT molecular complexity index is 524. The van der Waals surface area contributed by atoms with Crippen molar-refractivity contribution in [1.82, 2.24) is 9.80 Å². The number of anilines is 1. The number of morpholine rings is 1. The third-order valence-corrected chi connectivity index (χ3v) is 4.51. The number of methoxy groups -OCH3 is 1. The Balaban J connectivity index is 1.49. The van der Waals surface area contributed by atoms with E-state index >= 15 is 0 Å². The van der Waals surface area contributed by atoms with Gasteiger partial charge in [-0.15, -0.1) is 0 Å². The van der Waals surface area contributed by atoms with Crippen LogP contribution in [0.15, 0.2) is 24.3 Å². The minimum Gasteiger partial charge on any atom is -0.497 e. The predicted octanol–water partition coefficient (Wildman–Crippen LogP) is 0.676. The number of carbonyl (C=O) groups is 1. The highest BCUT2D eigenvalue weighted by molar-refractivity contribution is 5.78. The SMILES string of the molecule is COc1cccc(N2CCN(CC(=O)N3CCOCC3)CC2)c1. The minimum absolute atomic E-state index is 0.225. The van der Waals surface area contributed by atoms with Crippen molar-refractivity contribution in [2.24, 2.45) is 0 Å². The number of piperazine rings is 1. The number of hydrogen-bond donors (Lipinski definition) is 0. The fourth-order valence-corrected chi connectivity index (χ4v) is 3.08. The Hall–Kier alpha value is -1.79. The summed E-state index contributed by atoms with van der Waals surface area (Å²) < 4.78 is 10.6. The first kappa shape index (κ1) is 16.1. The summed E-state index contributed by atoms with van der Waals surface area (Å²) in [5.41, 5.74) is 1.18. The fraction of sp³-hybridized carbons (Fsp3) is 0.588. The predicted molar refractivity (Wildman–Crippen MR) is 89.0 cm³/mol. The lowest BCUT2D eigenvalue weighted by molar-refractivity contribution is -0.136. The van der Waals surface area contributed by atoms with Crippen LogP contribution in [-0.2, 0) is 9.53 Å². The number of rotatable bonds is 4. The molecule has 6 heteroatoms. The smallest absolute Gasteiger partial charge is 0.236 e. The number of hydrogen-bond acceptors (Lipinski definition) is 5. The molecule has 2 aliphatic rings. The monoisotopic (exact) mass is 319 g/mol. The molecule has 0 radical (unpaired) electrons. The van der Waals surface area contributed by atoms with E-state index in [2.05, 4.69) is 21.9 Å². The third kappa shape index (κ3) is 4.14. The van der Waals surface area contributed by atoms with Gasteiger partial charge in [-0.1, -0.05) is 6.07 Å². The van der Waals surface area contributed by atoms with Gasteiger partial charge in [0.1, 0.15) is 5.75 Å². The van der Waals surface area contributed by atoms with Crippen molar-refractivity contribution in [2.45, 2.75) is 0 Å². The fourth-order valence-electron chi connectivity index (χ4n) is 3.08. The van der Waals surface area contributed by atoms with Gasteiger partial charge in [0.15, 0.2) is 0 Å². The van der Waals surface area contributed by atoms with Gasteiger partial charge in [-0.2, -0.15) is 0 Å². The number of ether oxygens (including phenoxy) is 2. The summed E-state index contributed by atoms with van der Waals surface area (Å²) >= 11 is 0. The molecule has 0 aromatic heterocycles. The maximum absolute atomic E-state index is 12.3. The second-order valence-corrected chi connectivity index (χ2v) is 5.96. The summed E-state index contributed by atoms with van der Waals surface area (Å²) in [7, 11) is 1.69.